The third-order valence-electron chi connectivity index (χ3n) is 2.71. The first-order valence-electron chi connectivity index (χ1n) is 6.76. The molecule has 0 saturated heterocycles. The average molecular weight is 376 g/mol. The summed E-state index contributed by atoms with van der Waals surface area (Å²) in [7, 11) is 0. The molecule has 0 atom stereocenters. The second kappa shape index (κ2) is 12.2. The van der Waals surface area contributed by atoms with E-state index in [0.717, 1.165) is 31.6 Å². The highest BCUT2D eigenvalue weighted by molar-refractivity contribution is 14.0. The minimum Gasteiger partial charge on any atom is -0.370 e. The number of aliphatic imine (C=N–C) groups is 1. The predicted molar refractivity (Wildman–Crippen MR) is 92.0 cm³/mol. The van der Waals surface area contributed by atoms with Gasteiger partial charge in [0.25, 0.3) is 0 Å². The van der Waals surface area contributed by atoms with Gasteiger partial charge >= 0.3 is 0 Å². The number of rotatable bonds is 8. The molecule has 1 rings (SSSR count). The second-order valence-electron chi connectivity index (χ2n) is 4.33. The van der Waals surface area contributed by atoms with E-state index in [-0.39, 0.29) is 24.0 Å². The van der Waals surface area contributed by atoms with Gasteiger partial charge in [0.1, 0.15) is 0 Å². The summed E-state index contributed by atoms with van der Waals surface area (Å²) in [6, 6.07) is 5.93. The Hall–Kier alpha value is -0.850. The molecule has 0 fully saturated rings. The maximum atomic E-state index is 5.77. The lowest BCUT2D eigenvalue weighted by Crippen LogP contribution is -2.33. The molecule has 0 radical (unpaired) electrons. The van der Waals surface area contributed by atoms with Gasteiger partial charge in [0.05, 0.1) is 0 Å². The van der Waals surface area contributed by atoms with Gasteiger partial charge in [-0.05, 0) is 18.6 Å². The SMILES string of the molecule is CCCCCCN=C(N)NCCc1ccccn1.I. The number of nitrogens with zero attached hydrogens (tertiary/aromatic N) is 2. The van der Waals surface area contributed by atoms with Gasteiger partial charge in [-0.3, -0.25) is 9.98 Å². The molecule has 0 aliphatic heterocycles. The van der Waals surface area contributed by atoms with Gasteiger partial charge in [-0.1, -0.05) is 32.3 Å². The number of guanidine groups is 1. The molecule has 0 saturated carbocycles. The molecule has 0 aromatic carbocycles. The monoisotopic (exact) mass is 376 g/mol. The Morgan fingerprint density at radius 2 is 2.16 bits per heavy atom. The lowest BCUT2D eigenvalue weighted by Gasteiger charge is -2.05. The van der Waals surface area contributed by atoms with Gasteiger partial charge in [-0.2, -0.15) is 0 Å². The van der Waals surface area contributed by atoms with Gasteiger partial charge in [0, 0.05) is 31.4 Å². The Morgan fingerprint density at radius 1 is 1.32 bits per heavy atom. The van der Waals surface area contributed by atoms with E-state index in [1.165, 1.54) is 19.3 Å². The van der Waals surface area contributed by atoms with E-state index in [1.807, 2.05) is 18.2 Å². The van der Waals surface area contributed by atoms with E-state index in [0.29, 0.717) is 5.96 Å². The Labute approximate surface area is 133 Å². The summed E-state index contributed by atoms with van der Waals surface area (Å²) >= 11 is 0. The molecule has 0 aliphatic rings. The molecule has 0 spiro atoms. The van der Waals surface area contributed by atoms with Crippen LogP contribution in [0.3, 0.4) is 0 Å². The number of hydrogen-bond donors (Lipinski definition) is 2. The van der Waals surface area contributed by atoms with Crippen LogP contribution < -0.4 is 11.1 Å². The number of nitrogens with two attached hydrogens (primary N) is 1. The molecule has 0 aliphatic carbocycles. The molecule has 0 unspecified atom stereocenters. The minimum absolute atomic E-state index is 0. The van der Waals surface area contributed by atoms with Crippen LogP contribution in [0, 0.1) is 0 Å². The Bertz CT molecular complexity index is 341. The van der Waals surface area contributed by atoms with Crippen molar-refractivity contribution < 1.29 is 0 Å². The highest BCUT2D eigenvalue weighted by atomic mass is 127. The van der Waals surface area contributed by atoms with Gasteiger partial charge in [-0.15, -0.1) is 24.0 Å². The molecule has 1 heterocycles. The molecule has 19 heavy (non-hydrogen) atoms. The fraction of sp³-hybridized carbons (Fsp3) is 0.571. The third kappa shape index (κ3) is 9.69. The summed E-state index contributed by atoms with van der Waals surface area (Å²) in [6.45, 7) is 3.81. The largest absolute Gasteiger partial charge is 0.370 e. The fourth-order valence-electron chi connectivity index (χ4n) is 1.66. The van der Waals surface area contributed by atoms with Crippen molar-refractivity contribution in [3.05, 3.63) is 30.1 Å². The van der Waals surface area contributed by atoms with Crippen molar-refractivity contribution in [2.45, 2.75) is 39.0 Å². The maximum absolute atomic E-state index is 5.77. The van der Waals surface area contributed by atoms with Crippen LogP contribution in [-0.4, -0.2) is 24.0 Å². The summed E-state index contributed by atoms with van der Waals surface area (Å²) in [5.74, 6) is 0.544. The zero-order valence-corrected chi connectivity index (χ0v) is 14.0. The molecule has 1 aromatic rings. The summed E-state index contributed by atoms with van der Waals surface area (Å²) in [5, 5.41) is 3.11. The van der Waals surface area contributed by atoms with Crippen molar-refractivity contribution in [1.29, 1.82) is 0 Å². The summed E-state index contributed by atoms with van der Waals surface area (Å²) < 4.78 is 0. The number of halogens is 1. The Kier molecular flexibility index (Phi) is 11.7. The standard InChI is InChI=1S/C14H24N4.HI/c1-2-3-4-6-11-17-14(15)18-12-9-13-8-5-7-10-16-13;/h5,7-8,10H,2-4,6,9,11-12H2,1H3,(H3,15,17,18);1H. The predicted octanol–water partition coefficient (Wildman–Crippen LogP) is 2.73. The third-order valence-corrected chi connectivity index (χ3v) is 2.71. The molecular formula is C14H25IN4. The van der Waals surface area contributed by atoms with Crippen LogP contribution in [0.1, 0.15) is 38.3 Å². The van der Waals surface area contributed by atoms with Crippen molar-refractivity contribution in [3.63, 3.8) is 0 Å². The second-order valence-corrected chi connectivity index (χ2v) is 4.33. The van der Waals surface area contributed by atoms with E-state index in [2.05, 4.69) is 22.2 Å². The van der Waals surface area contributed by atoms with Crippen LogP contribution in [0.15, 0.2) is 29.4 Å². The van der Waals surface area contributed by atoms with Crippen LogP contribution in [-0.2, 0) is 6.42 Å². The zero-order valence-electron chi connectivity index (χ0n) is 11.6. The Morgan fingerprint density at radius 3 is 2.84 bits per heavy atom. The summed E-state index contributed by atoms with van der Waals surface area (Å²) in [4.78, 5) is 8.54. The van der Waals surface area contributed by atoms with Gasteiger partial charge < -0.3 is 11.1 Å². The average Bonchev–Trinajstić information content (AvgIpc) is 2.40. The molecule has 108 valence electrons. The van der Waals surface area contributed by atoms with Gasteiger partial charge in [0.15, 0.2) is 5.96 Å². The van der Waals surface area contributed by atoms with Crippen LogP contribution >= 0.6 is 24.0 Å². The molecule has 1 aromatic heterocycles. The molecule has 0 bridgehead atoms. The lowest BCUT2D eigenvalue weighted by atomic mass is 10.2. The van der Waals surface area contributed by atoms with Gasteiger partial charge in [-0.25, -0.2) is 0 Å². The van der Waals surface area contributed by atoms with E-state index in [4.69, 9.17) is 5.73 Å². The molecule has 5 heteroatoms. The maximum Gasteiger partial charge on any atom is 0.188 e. The van der Waals surface area contributed by atoms with E-state index in [9.17, 15) is 0 Å². The van der Waals surface area contributed by atoms with Gasteiger partial charge in [0.2, 0.25) is 0 Å². The van der Waals surface area contributed by atoms with Crippen LogP contribution in [0.5, 0.6) is 0 Å². The molecule has 0 amide bonds. The Balaban J connectivity index is 0.00000324. The number of unbranched alkanes of at least 4 members (excludes halogenated alkanes) is 3. The normalized spacial score (nSPS) is 10.9. The molecule has 3 N–H and O–H groups in total. The lowest BCUT2D eigenvalue weighted by molar-refractivity contribution is 0.673. The van der Waals surface area contributed by atoms with Crippen LogP contribution in [0.4, 0.5) is 0 Å². The number of hydrogen-bond acceptors (Lipinski definition) is 2. The number of pyridine rings is 1. The first-order valence-corrected chi connectivity index (χ1v) is 6.76. The summed E-state index contributed by atoms with van der Waals surface area (Å²) in [5.41, 5.74) is 6.84. The quantitative estimate of drug-likeness (QED) is 0.317. The number of aromatic nitrogens is 1. The van der Waals surface area contributed by atoms with E-state index >= 15 is 0 Å². The van der Waals surface area contributed by atoms with Crippen LogP contribution in [0.2, 0.25) is 0 Å². The van der Waals surface area contributed by atoms with Crippen molar-refractivity contribution in [2.24, 2.45) is 10.7 Å². The fourth-order valence-corrected chi connectivity index (χ4v) is 1.66. The van der Waals surface area contributed by atoms with Crippen molar-refractivity contribution >= 4 is 29.9 Å². The van der Waals surface area contributed by atoms with Crippen LogP contribution in [0.25, 0.3) is 0 Å². The molecule has 4 nitrogen and oxygen atoms in total. The smallest absolute Gasteiger partial charge is 0.188 e. The highest BCUT2D eigenvalue weighted by Crippen LogP contribution is 1.98. The van der Waals surface area contributed by atoms with E-state index in [1.54, 1.807) is 6.20 Å². The van der Waals surface area contributed by atoms with Crippen molar-refractivity contribution in [3.8, 4) is 0 Å². The minimum atomic E-state index is 0. The highest BCUT2D eigenvalue weighted by Gasteiger charge is 1.94. The zero-order chi connectivity index (χ0) is 13.1. The van der Waals surface area contributed by atoms with E-state index < -0.39 is 0 Å². The topological polar surface area (TPSA) is 63.3 Å². The van der Waals surface area contributed by atoms with Crippen molar-refractivity contribution in [2.75, 3.05) is 13.1 Å². The van der Waals surface area contributed by atoms with Crippen molar-refractivity contribution in [1.82, 2.24) is 10.3 Å². The first-order chi connectivity index (χ1) is 8.83. The molecular weight excluding hydrogens is 351 g/mol. The summed E-state index contributed by atoms with van der Waals surface area (Å²) in [6.07, 6.45) is 7.56. The number of nitrogens with one attached hydrogen (secondary N) is 1. The first kappa shape index (κ1) is 18.1.